The van der Waals surface area contributed by atoms with Gasteiger partial charge in [0, 0.05) is 56.0 Å². The van der Waals surface area contributed by atoms with Gasteiger partial charge in [-0.15, -0.1) is 5.10 Å². The lowest BCUT2D eigenvalue weighted by Gasteiger charge is -2.34. The van der Waals surface area contributed by atoms with Gasteiger partial charge in [-0.3, -0.25) is 0 Å². The number of piperazine rings is 1. The molecule has 2 aliphatic heterocycles. The second-order valence-electron chi connectivity index (χ2n) is 8.22. The molecule has 1 fully saturated rings. The van der Waals surface area contributed by atoms with E-state index in [0.717, 1.165) is 60.6 Å². The Morgan fingerprint density at radius 1 is 0.909 bits per heavy atom. The van der Waals surface area contributed by atoms with Crippen molar-refractivity contribution in [1.82, 2.24) is 19.7 Å². The number of rotatable bonds is 6. The van der Waals surface area contributed by atoms with Crippen LogP contribution in [0.25, 0.3) is 6.20 Å². The summed E-state index contributed by atoms with van der Waals surface area (Å²) < 4.78 is 12.8. The summed E-state index contributed by atoms with van der Waals surface area (Å²) in [6.45, 7) is 4.71. The van der Waals surface area contributed by atoms with Gasteiger partial charge in [-0.05, 0) is 43.4 Å². The van der Waals surface area contributed by atoms with Crippen molar-refractivity contribution in [3.8, 4) is 11.5 Å². The molecule has 0 saturated carbocycles. The maximum atomic E-state index is 5.70. The number of ether oxygens (including phenoxy) is 2. The van der Waals surface area contributed by atoms with Crippen LogP contribution in [0.3, 0.4) is 0 Å². The molecule has 3 aromatic rings. The Balaban J connectivity index is 1.29. The lowest BCUT2D eigenvalue weighted by atomic mass is 10.2. The first kappa shape index (κ1) is 21.1. The fourth-order valence-corrected chi connectivity index (χ4v) is 4.13. The van der Waals surface area contributed by atoms with Gasteiger partial charge in [-0.25, -0.2) is 4.68 Å². The van der Waals surface area contributed by atoms with Crippen LogP contribution in [0.15, 0.2) is 48.7 Å². The van der Waals surface area contributed by atoms with Crippen LogP contribution in [-0.4, -0.2) is 67.1 Å². The normalized spacial score (nSPS) is 16.0. The molecule has 0 unspecified atom stereocenters. The first-order valence-corrected chi connectivity index (χ1v) is 11.1. The number of aromatic nitrogens is 3. The van der Waals surface area contributed by atoms with Gasteiger partial charge in [-0.2, -0.15) is 4.98 Å². The largest absolute Gasteiger partial charge is 0.497 e. The summed E-state index contributed by atoms with van der Waals surface area (Å²) in [6, 6.07) is 14.1. The summed E-state index contributed by atoms with van der Waals surface area (Å²) in [5, 5.41) is 7.91. The topological polar surface area (TPSA) is 70.9 Å². The Kier molecular flexibility index (Phi) is 5.78. The summed E-state index contributed by atoms with van der Waals surface area (Å²) in [6.07, 6.45) is 3.92. The molecular weight excluding hydrogens is 418 g/mol. The molecule has 0 radical (unpaired) electrons. The molecule has 0 atom stereocenters. The van der Waals surface area contributed by atoms with Crippen LogP contribution in [0.5, 0.6) is 11.5 Å². The summed E-state index contributed by atoms with van der Waals surface area (Å²) in [5.41, 5.74) is 3.08. The molecular formula is C24H29N7O2. The van der Waals surface area contributed by atoms with Crippen molar-refractivity contribution in [3.05, 3.63) is 54.5 Å². The fourth-order valence-electron chi connectivity index (χ4n) is 4.13. The van der Waals surface area contributed by atoms with Crippen molar-refractivity contribution in [2.24, 2.45) is 0 Å². The van der Waals surface area contributed by atoms with Gasteiger partial charge in [-0.1, -0.05) is 0 Å². The Bertz CT molecular complexity index is 1130. The van der Waals surface area contributed by atoms with Gasteiger partial charge in [0.25, 0.3) is 0 Å². The predicted molar refractivity (Wildman–Crippen MR) is 131 cm³/mol. The highest BCUT2D eigenvalue weighted by Gasteiger charge is 2.19. The van der Waals surface area contributed by atoms with E-state index in [1.807, 2.05) is 42.7 Å². The molecule has 0 bridgehead atoms. The number of nitrogens with zero attached hydrogens (tertiary/aromatic N) is 6. The van der Waals surface area contributed by atoms with Crippen molar-refractivity contribution in [1.29, 1.82) is 0 Å². The Morgan fingerprint density at radius 2 is 1.70 bits per heavy atom. The smallest absolute Gasteiger partial charge is 0.247 e. The van der Waals surface area contributed by atoms with Crippen molar-refractivity contribution >= 4 is 29.2 Å². The van der Waals surface area contributed by atoms with Crippen LogP contribution in [0.2, 0.25) is 0 Å². The Labute approximate surface area is 193 Å². The average Bonchev–Trinajstić information content (AvgIpc) is 3.26. The van der Waals surface area contributed by atoms with E-state index in [-0.39, 0.29) is 0 Å². The second-order valence-corrected chi connectivity index (χ2v) is 8.22. The van der Waals surface area contributed by atoms with E-state index in [4.69, 9.17) is 14.5 Å². The Hall–Kier alpha value is -3.72. The number of hydrogen-bond acceptors (Lipinski definition) is 8. The van der Waals surface area contributed by atoms with E-state index in [1.54, 1.807) is 18.9 Å². The highest BCUT2D eigenvalue weighted by molar-refractivity contribution is 5.67. The van der Waals surface area contributed by atoms with Gasteiger partial charge in [0.1, 0.15) is 11.5 Å². The molecule has 5 rings (SSSR count). The molecule has 1 N–H and O–H groups in total. The van der Waals surface area contributed by atoms with Gasteiger partial charge in [0.2, 0.25) is 5.95 Å². The van der Waals surface area contributed by atoms with E-state index in [1.165, 1.54) is 0 Å². The molecule has 0 spiro atoms. The number of benzene rings is 2. The third kappa shape index (κ3) is 4.45. The quantitative estimate of drug-likeness (QED) is 0.618. The van der Waals surface area contributed by atoms with E-state index in [9.17, 15) is 0 Å². The van der Waals surface area contributed by atoms with E-state index in [2.05, 4.69) is 44.3 Å². The summed E-state index contributed by atoms with van der Waals surface area (Å²) >= 11 is 0. The standard InChI is InChI=1S/C24H29N7O2/c1-28-10-12-29(13-11-28)21-9-4-18(16-22(21)33-3)25-24-26-23-17-30(14-15-31(23)27-24)19-5-7-20(32-2)8-6-19/h4-9,14-16H,10-13,17H2,1-3H3,(H,25,27). The minimum Gasteiger partial charge on any atom is -0.497 e. The van der Waals surface area contributed by atoms with Gasteiger partial charge < -0.3 is 29.5 Å². The average molecular weight is 448 g/mol. The molecule has 172 valence electrons. The van der Waals surface area contributed by atoms with Crippen molar-refractivity contribution in [2.45, 2.75) is 6.54 Å². The highest BCUT2D eigenvalue weighted by atomic mass is 16.5. The molecule has 3 heterocycles. The molecule has 0 amide bonds. The van der Waals surface area contributed by atoms with Crippen LogP contribution in [0, 0.1) is 0 Å². The van der Waals surface area contributed by atoms with Gasteiger partial charge >= 0.3 is 0 Å². The molecule has 33 heavy (non-hydrogen) atoms. The first-order chi connectivity index (χ1) is 16.1. The van der Waals surface area contributed by atoms with Crippen LogP contribution >= 0.6 is 0 Å². The summed E-state index contributed by atoms with van der Waals surface area (Å²) in [5.74, 6) is 3.10. The predicted octanol–water partition coefficient (Wildman–Crippen LogP) is 3.24. The number of likely N-dealkylation sites (N-methyl/N-ethyl adjacent to an activating group) is 1. The van der Waals surface area contributed by atoms with E-state index in [0.29, 0.717) is 12.5 Å². The molecule has 1 aromatic heterocycles. The molecule has 9 heteroatoms. The van der Waals surface area contributed by atoms with Crippen molar-refractivity contribution in [2.75, 3.05) is 62.6 Å². The van der Waals surface area contributed by atoms with Crippen LogP contribution < -0.4 is 24.6 Å². The number of hydrogen-bond donors (Lipinski definition) is 1. The molecule has 1 saturated heterocycles. The molecule has 9 nitrogen and oxygen atoms in total. The number of nitrogens with one attached hydrogen (secondary N) is 1. The van der Waals surface area contributed by atoms with Gasteiger partial charge in [0.05, 0.1) is 26.5 Å². The van der Waals surface area contributed by atoms with Crippen LogP contribution in [0.4, 0.5) is 23.0 Å². The summed E-state index contributed by atoms with van der Waals surface area (Å²) in [7, 11) is 5.54. The lowest BCUT2D eigenvalue weighted by molar-refractivity contribution is 0.311. The molecule has 0 aliphatic carbocycles. The second kappa shape index (κ2) is 9.03. The number of anilines is 4. The zero-order chi connectivity index (χ0) is 22.8. The highest BCUT2D eigenvalue weighted by Crippen LogP contribution is 2.33. The maximum absolute atomic E-state index is 5.70. The molecule has 2 aliphatic rings. The van der Waals surface area contributed by atoms with Crippen LogP contribution in [-0.2, 0) is 6.54 Å². The van der Waals surface area contributed by atoms with E-state index >= 15 is 0 Å². The molecule has 2 aromatic carbocycles. The minimum absolute atomic E-state index is 0.556. The lowest BCUT2D eigenvalue weighted by Crippen LogP contribution is -2.44. The fraction of sp³-hybridized carbons (Fsp3) is 0.333. The summed E-state index contributed by atoms with van der Waals surface area (Å²) in [4.78, 5) is 11.5. The van der Waals surface area contributed by atoms with Crippen molar-refractivity contribution in [3.63, 3.8) is 0 Å². The zero-order valence-corrected chi connectivity index (χ0v) is 19.2. The maximum Gasteiger partial charge on any atom is 0.247 e. The number of methoxy groups -OCH3 is 2. The first-order valence-electron chi connectivity index (χ1n) is 11.1. The third-order valence-corrected chi connectivity index (χ3v) is 6.09. The monoisotopic (exact) mass is 447 g/mol. The Morgan fingerprint density at radius 3 is 2.42 bits per heavy atom. The number of fused-ring (bicyclic) bond motifs is 1. The SMILES string of the molecule is COc1ccc(N2C=Cn3nc(Nc4ccc(N5CCN(C)CC5)c(OC)c4)nc3C2)cc1. The minimum atomic E-state index is 0.556. The third-order valence-electron chi connectivity index (χ3n) is 6.09. The van der Waals surface area contributed by atoms with E-state index < -0.39 is 0 Å². The van der Waals surface area contributed by atoms with Crippen LogP contribution in [0.1, 0.15) is 5.82 Å². The van der Waals surface area contributed by atoms with Gasteiger partial charge in [0.15, 0.2) is 5.82 Å². The zero-order valence-electron chi connectivity index (χ0n) is 19.2. The van der Waals surface area contributed by atoms with Crippen molar-refractivity contribution < 1.29 is 9.47 Å².